The molecule has 2 aromatic rings. The fourth-order valence-electron chi connectivity index (χ4n) is 1.78. The highest BCUT2D eigenvalue weighted by Crippen LogP contribution is 2.23. The van der Waals surface area contributed by atoms with Gasteiger partial charge in [0.1, 0.15) is 5.82 Å². The Morgan fingerprint density at radius 1 is 1.05 bits per heavy atom. The van der Waals surface area contributed by atoms with Crippen LogP contribution in [0.5, 0.6) is 0 Å². The van der Waals surface area contributed by atoms with Gasteiger partial charge in [0.05, 0.1) is 6.10 Å². The maximum absolute atomic E-state index is 13.2. The van der Waals surface area contributed by atoms with E-state index >= 15 is 0 Å². The molecule has 0 spiro atoms. The first-order valence-electron chi connectivity index (χ1n) is 6.04. The second-order valence-electron chi connectivity index (χ2n) is 4.40. The highest BCUT2D eigenvalue weighted by molar-refractivity contribution is 9.10. The molecule has 0 heterocycles. The summed E-state index contributed by atoms with van der Waals surface area (Å²) >= 11 is 8.23. The van der Waals surface area contributed by atoms with Crippen molar-refractivity contribution in [2.24, 2.45) is 0 Å². The molecule has 2 rings (SSSR count). The number of thioether (sulfide) groups is 1. The molecule has 0 bridgehead atoms. The summed E-state index contributed by atoms with van der Waals surface area (Å²) in [6.07, 6.45) is -0.0581. The van der Waals surface area contributed by atoms with Crippen LogP contribution in [0.25, 0.3) is 0 Å². The van der Waals surface area contributed by atoms with Gasteiger partial charge in [0.15, 0.2) is 0 Å². The van der Waals surface area contributed by atoms with Crippen molar-refractivity contribution in [1.29, 1.82) is 0 Å². The summed E-state index contributed by atoms with van der Waals surface area (Å²) in [5.74, 6) is 0.289. The van der Waals surface area contributed by atoms with E-state index in [-0.39, 0.29) is 5.82 Å². The van der Waals surface area contributed by atoms with Gasteiger partial charge in [-0.25, -0.2) is 4.39 Å². The third-order valence-electron chi connectivity index (χ3n) is 2.65. The minimum atomic E-state index is -0.502. The lowest BCUT2D eigenvalue weighted by Gasteiger charge is -2.11. The van der Waals surface area contributed by atoms with Crippen LogP contribution in [-0.2, 0) is 6.42 Å². The van der Waals surface area contributed by atoms with Gasteiger partial charge < -0.3 is 5.11 Å². The van der Waals surface area contributed by atoms with Gasteiger partial charge in [-0.1, -0.05) is 31.9 Å². The van der Waals surface area contributed by atoms with E-state index in [9.17, 15) is 9.50 Å². The fraction of sp³-hybridized carbons (Fsp3) is 0.200. The average Bonchev–Trinajstić information content (AvgIpc) is 2.37. The minimum Gasteiger partial charge on any atom is -0.392 e. The quantitative estimate of drug-likeness (QED) is 0.684. The molecule has 1 unspecified atom stereocenters. The average molecular weight is 420 g/mol. The predicted molar refractivity (Wildman–Crippen MR) is 88.7 cm³/mol. The number of rotatable bonds is 5. The highest BCUT2D eigenvalue weighted by atomic mass is 79.9. The van der Waals surface area contributed by atoms with Crippen molar-refractivity contribution < 1.29 is 9.50 Å². The van der Waals surface area contributed by atoms with E-state index in [0.29, 0.717) is 16.6 Å². The summed E-state index contributed by atoms with van der Waals surface area (Å²) in [4.78, 5) is 1.10. The third-order valence-corrected chi connectivity index (χ3v) is 4.79. The molecule has 1 nitrogen and oxygen atoms in total. The molecular weight excluding hydrogens is 407 g/mol. The van der Waals surface area contributed by atoms with Crippen LogP contribution in [0.1, 0.15) is 5.56 Å². The number of hydrogen-bond acceptors (Lipinski definition) is 2. The number of halogens is 3. The summed E-state index contributed by atoms with van der Waals surface area (Å²) in [5, 5.41) is 10.0. The SMILES string of the molecule is OC(CSc1ccc(Br)cc1)Cc1cc(F)cc(Br)c1. The summed E-state index contributed by atoms with van der Waals surface area (Å²) in [7, 11) is 0. The molecule has 1 N–H and O–H groups in total. The number of aliphatic hydroxyl groups is 1. The predicted octanol–water partition coefficient (Wildman–Crippen LogP) is 5.05. The monoisotopic (exact) mass is 418 g/mol. The lowest BCUT2D eigenvalue weighted by Crippen LogP contribution is -2.13. The fourth-order valence-corrected chi connectivity index (χ4v) is 3.39. The number of aliphatic hydroxyl groups excluding tert-OH is 1. The maximum Gasteiger partial charge on any atom is 0.124 e. The van der Waals surface area contributed by atoms with Gasteiger partial charge in [-0.2, -0.15) is 0 Å². The Balaban J connectivity index is 1.88. The normalized spacial score (nSPS) is 12.4. The van der Waals surface area contributed by atoms with Crippen molar-refractivity contribution in [3.05, 3.63) is 62.8 Å². The van der Waals surface area contributed by atoms with Crippen LogP contribution in [0, 0.1) is 5.82 Å². The lowest BCUT2D eigenvalue weighted by atomic mass is 10.1. The topological polar surface area (TPSA) is 20.2 Å². The van der Waals surface area contributed by atoms with Crippen molar-refractivity contribution in [2.75, 3.05) is 5.75 Å². The minimum absolute atomic E-state index is 0.290. The summed E-state index contributed by atoms with van der Waals surface area (Å²) in [6.45, 7) is 0. The van der Waals surface area contributed by atoms with Crippen molar-refractivity contribution in [2.45, 2.75) is 17.4 Å². The molecule has 0 amide bonds. The molecule has 20 heavy (non-hydrogen) atoms. The molecule has 0 aliphatic rings. The van der Waals surface area contributed by atoms with E-state index in [0.717, 1.165) is 14.9 Å². The van der Waals surface area contributed by atoms with Crippen molar-refractivity contribution in [3.8, 4) is 0 Å². The van der Waals surface area contributed by atoms with Crippen LogP contribution >= 0.6 is 43.6 Å². The molecule has 2 aromatic carbocycles. The third kappa shape index (κ3) is 5.20. The molecule has 0 saturated heterocycles. The van der Waals surface area contributed by atoms with Crippen LogP contribution in [0.3, 0.4) is 0 Å². The summed E-state index contributed by atoms with van der Waals surface area (Å²) in [6, 6.07) is 12.6. The Labute approximate surface area is 138 Å². The zero-order valence-corrected chi connectivity index (χ0v) is 14.5. The van der Waals surface area contributed by atoms with Gasteiger partial charge in [0.2, 0.25) is 0 Å². The zero-order chi connectivity index (χ0) is 14.5. The van der Waals surface area contributed by atoms with Crippen LogP contribution in [-0.4, -0.2) is 17.0 Å². The smallest absolute Gasteiger partial charge is 0.124 e. The maximum atomic E-state index is 13.2. The van der Waals surface area contributed by atoms with E-state index in [4.69, 9.17) is 0 Å². The van der Waals surface area contributed by atoms with Crippen LogP contribution in [0.4, 0.5) is 4.39 Å². The molecule has 0 radical (unpaired) electrons. The molecule has 0 fully saturated rings. The van der Waals surface area contributed by atoms with E-state index in [2.05, 4.69) is 31.9 Å². The summed E-state index contributed by atoms with van der Waals surface area (Å²) in [5.41, 5.74) is 0.792. The van der Waals surface area contributed by atoms with Gasteiger partial charge in [-0.3, -0.25) is 0 Å². The Kier molecular flexibility index (Phi) is 6.08. The first-order chi connectivity index (χ1) is 9.52. The highest BCUT2D eigenvalue weighted by Gasteiger charge is 2.08. The molecule has 0 saturated carbocycles. The van der Waals surface area contributed by atoms with Crippen molar-refractivity contribution >= 4 is 43.6 Å². The molecule has 106 valence electrons. The lowest BCUT2D eigenvalue weighted by molar-refractivity contribution is 0.200. The molecular formula is C15H13Br2FOS. The molecule has 0 aromatic heterocycles. The summed E-state index contributed by atoms with van der Waals surface area (Å²) < 4.78 is 15.0. The second kappa shape index (κ2) is 7.59. The first kappa shape index (κ1) is 16.0. The Bertz CT molecular complexity index is 554. The van der Waals surface area contributed by atoms with Crippen LogP contribution in [0.2, 0.25) is 0 Å². The van der Waals surface area contributed by atoms with E-state index in [1.54, 1.807) is 11.8 Å². The molecule has 1 atom stereocenters. The first-order valence-corrected chi connectivity index (χ1v) is 8.61. The van der Waals surface area contributed by atoms with Crippen molar-refractivity contribution in [3.63, 3.8) is 0 Å². The number of hydrogen-bond donors (Lipinski definition) is 1. The van der Waals surface area contributed by atoms with Gasteiger partial charge in [0, 0.05) is 19.6 Å². The standard InChI is InChI=1S/C15H13Br2FOS/c16-11-1-3-15(4-2-11)20-9-14(19)7-10-5-12(17)8-13(18)6-10/h1-6,8,14,19H,7,9H2. The Morgan fingerprint density at radius 3 is 2.40 bits per heavy atom. The van der Waals surface area contributed by atoms with E-state index in [1.807, 2.05) is 30.3 Å². The van der Waals surface area contributed by atoms with Gasteiger partial charge in [0.25, 0.3) is 0 Å². The number of benzene rings is 2. The van der Waals surface area contributed by atoms with E-state index in [1.165, 1.54) is 12.1 Å². The van der Waals surface area contributed by atoms with E-state index < -0.39 is 6.10 Å². The molecule has 0 aliphatic heterocycles. The van der Waals surface area contributed by atoms with Crippen molar-refractivity contribution in [1.82, 2.24) is 0 Å². The Morgan fingerprint density at radius 2 is 1.75 bits per heavy atom. The van der Waals surface area contributed by atoms with Crippen LogP contribution in [0.15, 0.2) is 56.3 Å². The van der Waals surface area contributed by atoms with Gasteiger partial charge >= 0.3 is 0 Å². The van der Waals surface area contributed by atoms with Gasteiger partial charge in [-0.15, -0.1) is 11.8 Å². The van der Waals surface area contributed by atoms with Gasteiger partial charge in [-0.05, 0) is 54.4 Å². The second-order valence-corrected chi connectivity index (χ2v) is 7.33. The molecule has 5 heteroatoms. The zero-order valence-electron chi connectivity index (χ0n) is 10.5. The largest absolute Gasteiger partial charge is 0.392 e. The molecule has 0 aliphatic carbocycles. The van der Waals surface area contributed by atoms with Crippen LogP contribution < -0.4 is 0 Å². The Hall–Kier alpha value is -0.360.